The summed E-state index contributed by atoms with van der Waals surface area (Å²) in [6.07, 6.45) is 4.14. The third-order valence-corrected chi connectivity index (χ3v) is 5.75. The second-order valence-corrected chi connectivity index (χ2v) is 8.35. The zero-order chi connectivity index (χ0) is 21.6. The number of imidazole rings is 1. The van der Waals surface area contributed by atoms with Gasteiger partial charge in [-0.2, -0.15) is 22.8 Å². The van der Waals surface area contributed by atoms with Crippen LogP contribution in [0.2, 0.25) is 0 Å². The maximum absolute atomic E-state index is 13.3. The number of anilines is 2. The second-order valence-electron chi connectivity index (χ2n) is 7.53. The van der Waals surface area contributed by atoms with Gasteiger partial charge >= 0.3 is 6.18 Å². The van der Waals surface area contributed by atoms with Gasteiger partial charge in [-0.05, 0) is 47.7 Å². The first-order valence-electron chi connectivity index (χ1n) is 9.81. The minimum Gasteiger partial charge on any atom is -0.367 e. The van der Waals surface area contributed by atoms with Crippen molar-refractivity contribution in [3.8, 4) is 0 Å². The van der Waals surface area contributed by atoms with Crippen LogP contribution in [0.3, 0.4) is 0 Å². The Morgan fingerprint density at radius 1 is 1.03 bits per heavy atom. The Morgan fingerprint density at radius 3 is 2.65 bits per heavy atom. The number of hydrogen-bond donors (Lipinski definition) is 2. The second kappa shape index (κ2) is 7.66. The first kappa shape index (κ1) is 20.0. The van der Waals surface area contributed by atoms with Crippen molar-refractivity contribution >= 4 is 39.0 Å². The highest BCUT2D eigenvalue weighted by Crippen LogP contribution is 2.32. The Morgan fingerprint density at radius 2 is 1.84 bits per heavy atom. The lowest BCUT2D eigenvalue weighted by atomic mass is 9.91. The summed E-state index contributed by atoms with van der Waals surface area (Å²) in [6.45, 7) is 0. The third kappa shape index (κ3) is 4.03. The molecule has 0 spiro atoms. The van der Waals surface area contributed by atoms with Gasteiger partial charge in [-0.3, -0.25) is 4.40 Å². The van der Waals surface area contributed by atoms with E-state index in [-0.39, 0.29) is 23.5 Å². The number of hydrogen-bond acceptors (Lipinski definition) is 6. The summed E-state index contributed by atoms with van der Waals surface area (Å²) in [4.78, 5) is 12.4. The maximum Gasteiger partial charge on any atom is 0.433 e. The minimum absolute atomic E-state index is 0.0251. The molecule has 5 rings (SSSR count). The van der Waals surface area contributed by atoms with E-state index < -0.39 is 11.9 Å². The molecule has 0 aliphatic heterocycles. The first-order chi connectivity index (χ1) is 14.9. The van der Waals surface area contributed by atoms with E-state index in [9.17, 15) is 13.2 Å². The van der Waals surface area contributed by atoms with E-state index in [1.54, 1.807) is 12.4 Å². The normalized spacial score (nSPS) is 19.7. The number of aromatic nitrogens is 6. The molecule has 0 unspecified atom stereocenters. The molecule has 1 aliphatic rings. The number of nitrogens with one attached hydrogen (secondary N) is 2. The predicted octanol–water partition coefficient (Wildman–Crippen LogP) is 4.39. The van der Waals surface area contributed by atoms with Crippen molar-refractivity contribution in [2.24, 2.45) is 0 Å². The summed E-state index contributed by atoms with van der Waals surface area (Å²) in [7, 11) is 0. The molecule has 2 N–H and O–H groups in total. The van der Waals surface area contributed by atoms with E-state index in [2.05, 4.69) is 46.6 Å². The van der Waals surface area contributed by atoms with Crippen molar-refractivity contribution in [1.29, 1.82) is 0 Å². The van der Waals surface area contributed by atoms with Crippen LogP contribution >= 0.6 is 15.9 Å². The molecule has 1 fully saturated rings. The number of rotatable bonds is 4. The van der Waals surface area contributed by atoms with Crippen LogP contribution in [0.1, 0.15) is 31.4 Å². The molecule has 4 aromatic heterocycles. The maximum atomic E-state index is 13.3. The van der Waals surface area contributed by atoms with Crippen molar-refractivity contribution in [3.05, 3.63) is 47.1 Å². The highest BCUT2D eigenvalue weighted by Gasteiger charge is 2.34. The van der Waals surface area contributed by atoms with Crippen LogP contribution < -0.4 is 10.6 Å². The minimum atomic E-state index is -4.54. The van der Waals surface area contributed by atoms with Gasteiger partial charge in [-0.1, -0.05) is 0 Å². The molecule has 162 valence electrons. The highest BCUT2D eigenvalue weighted by molar-refractivity contribution is 9.10. The zero-order valence-corrected chi connectivity index (χ0v) is 17.7. The van der Waals surface area contributed by atoms with Gasteiger partial charge in [0.15, 0.2) is 11.3 Å². The van der Waals surface area contributed by atoms with Crippen LogP contribution in [0, 0.1) is 0 Å². The molecule has 4 heterocycles. The van der Waals surface area contributed by atoms with E-state index in [1.165, 1.54) is 10.6 Å². The summed E-state index contributed by atoms with van der Waals surface area (Å²) in [5.41, 5.74) is -0.0202. The number of fused-ring (bicyclic) bond motifs is 2. The summed E-state index contributed by atoms with van der Waals surface area (Å²) in [5.74, 6) is 0.964. The van der Waals surface area contributed by atoms with E-state index in [1.807, 2.05) is 16.7 Å². The number of halogens is 4. The molecular formula is C19H18BrF3N8. The van der Waals surface area contributed by atoms with Crippen LogP contribution in [-0.2, 0) is 6.18 Å². The molecule has 4 aromatic rings. The third-order valence-electron chi connectivity index (χ3n) is 5.37. The lowest BCUT2D eigenvalue weighted by Gasteiger charge is -2.31. The van der Waals surface area contributed by atoms with Crippen molar-refractivity contribution in [1.82, 2.24) is 29.0 Å². The molecule has 2 atom stereocenters. The average Bonchev–Trinajstić information content (AvgIpc) is 3.34. The van der Waals surface area contributed by atoms with Crippen LogP contribution in [-0.4, -0.2) is 41.1 Å². The molecule has 0 saturated heterocycles. The Bertz CT molecular complexity index is 1230. The molecule has 1 saturated carbocycles. The van der Waals surface area contributed by atoms with Crippen LogP contribution in [0.15, 0.2) is 41.4 Å². The largest absolute Gasteiger partial charge is 0.433 e. The molecule has 0 bridgehead atoms. The number of nitrogens with zero attached hydrogens (tertiary/aromatic N) is 6. The van der Waals surface area contributed by atoms with Gasteiger partial charge in [-0.15, -0.1) is 0 Å². The molecule has 0 amide bonds. The Balaban J connectivity index is 1.38. The van der Waals surface area contributed by atoms with Crippen molar-refractivity contribution in [2.75, 3.05) is 10.6 Å². The van der Waals surface area contributed by atoms with Gasteiger partial charge in [0, 0.05) is 42.8 Å². The molecule has 12 heteroatoms. The van der Waals surface area contributed by atoms with E-state index in [0.717, 1.165) is 37.4 Å². The predicted molar refractivity (Wildman–Crippen MR) is 112 cm³/mol. The first-order valence-corrected chi connectivity index (χ1v) is 10.6. The molecule has 1 aliphatic carbocycles. The lowest BCUT2D eigenvalue weighted by Crippen LogP contribution is -2.35. The van der Waals surface area contributed by atoms with Gasteiger partial charge in [-0.25, -0.2) is 15.0 Å². The quantitative estimate of drug-likeness (QED) is 0.437. The zero-order valence-electron chi connectivity index (χ0n) is 16.1. The van der Waals surface area contributed by atoms with E-state index >= 15 is 0 Å². The average molecular weight is 495 g/mol. The Hall–Kier alpha value is -2.89. The molecule has 0 radical (unpaired) electrons. The standard InChI is InChI=1S/C19H18BrF3N8/c20-14-10-17-28-13(19(21,22)23)9-16(31(17)29-14)26-11-2-1-3-12(8-11)27-18-25-5-4-15-24-6-7-30(15)18/h4-7,9-12,26H,1-3,8H2,(H,25,27)/t11-,12+/m0/s1. The molecule has 8 nitrogen and oxygen atoms in total. The topological polar surface area (TPSA) is 84.4 Å². The van der Waals surface area contributed by atoms with Crippen LogP contribution in [0.4, 0.5) is 24.9 Å². The van der Waals surface area contributed by atoms with E-state index in [0.29, 0.717) is 10.6 Å². The molecule has 0 aromatic carbocycles. The Labute approximate surface area is 183 Å². The fourth-order valence-electron chi connectivity index (χ4n) is 4.00. The molecule has 31 heavy (non-hydrogen) atoms. The lowest BCUT2D eigenvalue weighted by molar-refractivity contribution is -0.141. The highest BCUT2D eigenvalue weighted by atomic mass is 79.9. The van der Waals surface area contributed by atoms with Crippen molar-refractivity contribution < 1.29 is 13.2 Å². The monoisotopic (exact) mass is 494 g/mol. The fourth-order valence-corrected chi connectivity index (χ4v) is 4.36. The number of alkyl halides is 3. The summed E-state index contributed by atoms with van der Waals surface area (Å²) >= 11 is 3.22. The van der Waals surface area contributed by atoms with Gasteiger partial charge in [0.05, 0.1) is 0 Å². The fraction of sp³-hybridized carbons (Fsp3) is 0.368. The van der Waals surface area contributed by atoms with Gasteiger partial charge in [0.2, 0.25) is 5.95 Å². The van der Waals surface area contributed by atoms with Crippen molar-refractivity contribution in [2.45, 2.75) is 43.9 Å². The summed E-state index contributed by atoms with van der Waals surface area (Å²) in [5, 5.41) is 10.9. The van der Waals surface area contributed by atoms with E-state index in [4.69, 9.17) is 0 Å². The van der Waals surface area contributed by atoms with Crippen LogP contribution in [0.25, 0.3) is 11.3 Å². The van der Waals surface area contributed by atoms with Gasteiger partial charge in [0.1, 0.15) is 16.1 Å². The van der Waals surface area contributed by atoms with Crippen LogP contribution in [0.5, 0.6) is 0 Å². The smallest absolute Gasteiger partial charge is 0.367 e. The molecular weight excluding hydrogens is 477 g/mol. The SMILES string of the molecule is FC(F)(F)c1cc(N[C@H]2CCC[C@@H](Nc3nccc4nccn34)C2)n2nc(Br)cc2n1. The Kier molecular flexibility index (Phi) is 4.95. The van der Waals surface area contributed by atoms with Crippen molar-refractivity contribution in [3.63, 3.8) is 0 Å². The van der Waals surface area contributed by atoms with Gasteiger partial charge < -0.3 is 10.6 Å². The summed E-state index contributed by atoms with van der Waals surface area (Å²) < 4.78 is 43.7. The summed E-state index contributed by atoms with van der Waals surface area (Å²) in [6, 6.07) is 4.39. The van der Waals surface area contributed by atoms with Gasteiger partial charge in [0.25, 0.3) is 0 Å².